The van der Waals surface area contributed by atoms with E-state index in [1.165, 1.54) is 0 Å². The molecule has 0 aromatic heterocycles. The van der Waals surface area contributed by atoms with Gasteiger partial charge in [0.05, 0.1) is 5.56 Å². The van der Waals surface area contributed by atoms with Crippen molar-refractivity contribution in [3.8, 4) is 11.1 Å². The fourth-order valence-corrected chi connectivity index (χ4v) is 1.73. The van der Waals surface area contributed by atoms with Crippen LogP contribution in [0.15, 0.2) is 6.07 Å². The van der Waals surface area contributed by atoms with E-state index in [9.17, 15) is 35.1 Å². The van der Waals surface area contributed by atoms with Crippen LogP contribution in [0.3, 0.4) is 0 Å². The Bertz CT molecular complexity index is 722. The molecule has 21 heavy (non-hydrogen) atoms. The van der Waals surface area contributed by atoms with Crippen LogP contribution in [0.5, 0.6) is 0 Å². The highest BCUT2D eigenvalue weighted by atomic mass is 19.2. The molecule has 0 unspecified atom stereocenters. The molecule has 0 nitrogen and oxygen atoms in total. The third-order valence-corrected chi connectivity index (χ3v) is 2.85. The summed E-state index contributed by atoms with van der Waals surface area (Å²) >= 11 is 0. The third kappa shape index (κ3) is 2.14. The molecular formula is C13H4F8. The van der Waals surface area contributed by atoms with Crippen molar-refractivity contribution < 1.29 is 35.1 Å². The zero-order valence-corrected chi connectivity index (χ0v) is 10.1. The minimum absolute atomic E-state index is 0.0938. The van der Waals surface area contributed by atoms with Crippen molar-refractivity contribution in [3.63, 3.8) is 0 Å². The van der Waals surface area contributed by atoms with Gasteiger partial charge in [-0.3, -0.25) is 0 Å². The van der Waals surface area contributed by atoms with E-state index in [1.807, 2.05) is 0 Å². The summed E-state index contributed by atoms with van der Waals surface area (Å²) in [6.45, 7) is 0.711. The number of hydrogen-bond donors (Lipinski definition) is 0. The third-order valence-electron chi connectivity index (χ3n) is 2.85. The maximum absolute atomic E-state index is 13.6. The average Bonchev–Trinajstić information content (AvgIpc) is 2.46. The molecule has 0 amide bonds. The Morgan fingerprint density at radius 3 is 1.52 bits per heavy atom. The lowest BCUT2D eigenvalue weighted by Crippen LogP contribution is -2.06. The summed E-state index contributed by atoms with van der Waals surface area (Å²) in [5.74, 6) is -16.5. The van der Waals surface area contributed by atoms with E-state index in [4.69, 9.17) is 0 Å². The molecule has 112 valence electrons. The van der Waals surface area contributed by atoms with E-state index >= 15 is 0 Å². The zero-order valence-electron chi connectivity index (χ0n) is 10.1. The second-order valence-corrected chi connectivity index (χ2v) is 4.10. The van der Waals surface area contributed by atoms with Crippen molar-refractivity contribution >= 4 is 0 Å². The predicted molar refractivity (Wildman–Crippen MR) is 56.3 cm³/mol. The smallest absolute Gasteiger partial charge is 0.198 e. The molecule has 2 aromatic carbocycles. The average molecular weight is 312 g/mol. The lowest BCUT2D eigenvalue weighted by atomic mass is 10.0. The van der Waals surface area contributed by atoms with E-state index in [-0.39, 0.29) is 6.07 Å². The summed E-state index contributed by atoms with van der Waals surface area (Å²) in [4.78, 5) is 0. The molecule has 0 heterocycles. The van der Waals surface area contributed by atoms with Crippen LogP contribution >= 0.6 is 0 Å². The van der Waals surface area contributed by atoms with Crippen molar-refractivity contribution in [2.75, 3.05) is 0 Å². The number of benzene rings is 2. The normalized spacial score (nSPS) is 11.1. The molecule has 0 N–H and O–H groups in total. The topological polar surface area (TPSA) is 0 Å². The summed E-state index contributed by atoms with van der Waals surface area (Å²) in [6, 6.07) is -0.0938. The van der Waals surface area contributed by atoms with Gasteiger partial charge in [0.1, 0.15) is 0 Å². The van der Waals surface area contributed by atoms with Gasteiger partial charge in [-0.25, -0.2) is 35.1 Å². The molecule has 0 saturated heterocycles. The molecule has 0 aliphatic carbocycles. The molecule has 2 aromatic rings. The molecule has 0 spiro atoms. The summed E-state index contributed by atoms with van der Waals surface area (Å²) in [6.07, 6.45) is 0. The van der Waals surface area contributed by atoms with Crippen LogP contribution in [-0.2, 0) is 0 Å². The Kier molecular flexibility index (Phi) is 3.65. The lowest BCUT2D eigenvalue weighted by molar-refractivity contribution is 0.408. The quantitative estimate of drug-likeness (QED) is 0.404. The van der Waals surface area contributed by atoms with Crippen molar-refractivity contribution in [1.29, 1.82) is 0 Å². The first-order valence-electron chi connectivity index (χ1n) is 5.34. The number of rotatable bonds is 1. The number of hydrogen-bond acceptors (Lipinski definition) is 0. The monoisotopic (exact) mass is 312 g/mol. The molecule has 0 atom stereocenters. The summed E-state index contributed by atoms with van der Waals surface area (Å²) in [5.41, 5.74) is -4.16. The lowest BCUT2D eigenvalue weighted by Gasteiger charge is -2.11. The first kappa shape index (κ1) is 15.3. The number of halogens is 8. The minimum atomic E-state index is -2.36. The highest BCUT2D eigenvalue weighted by molar-refractivity contribution is 5.67. The van der Waals surface area contributed by atoms with Gasteiger partial charge in [-0.05, 0) is 13.0 Å². The fourth-order valence-electron chi connectivity index (χ4n) is 1.73. The Hall–Kier alpha value is -2.12. The molecular weight excluding hydrogens is 308 g/mol. The van der Waals surface area contributed by atoms with Crippen molar-refractivity contribution in [3.05, 3.63) is 58.2 Å². The van der Waals surface area contributed by atoms with Gasteiger partial charge in [0.25, 0.3) is 0 Å². The molecule has 2 rings (SSSR count). The minimum Gasteiger partial charge on any atom is -0.204 e. The Morgan fingerprint density at radius 2 is 1.05 bits per heavy atom. The van der Waals surface area contributed by atoms with Crippen LogP contribution in [0.4, 0.5) is 35.1 Å². The van der Waals surface area contributed by atoms with Gasteiger partial charge in [0, 0.05) is 11.1 Å². The molecule has 0 aliphatic rings. The van der Waals surface area contributed by atoms with Gasteiger partial charge < -0.3 is 0 Å². The van der Waals surface area contributed by atoms with Crippen LogP contribution < -0.4 is 0 Å². The van der Waals surface area contributed by atoms with E-state index in [2.05, 4.69) is 0 Å². The SMILES string of the molecule is Cc1c(F)c(F)c(-c2cc(F)c(F)c(F)c2F)c(F)c1F. The Balaban J connectivity index is 2.93. The van der Waals surface area contributed by atoms with Gasteiger partial charge in [0.15, 0.2) is 46.5 Å². The van der Waals surface area contributed by atoms with Gasteiger partial charge in [-0.15, -0.1) is 0 Å². The summed E-state index contributed by atoms with van der Waals surface area (Å²) in [5, 5.41) is 0. The second kappa shape index (κ2) is 5.01. The molecule has 8 heteroatoms. The first-order chi connectivity index (χ1) is 9.68. The fraction of sp³-hybridized carbons (Fsp3) is 0.0769. The first-order valence-corrected chi connectivity index (χ1v) is 5.34. The van der Waals surface area contributed by atoms with Crippen LogP contribution in [-0.4, -0.2) is 0 Å². The molecule has 0 bridgehead atoms. The second-order valence-electron chi connectivity index (χ2n) is 4.10. The highest BCUT2D eigenvalue weighted by Crippen LogP contribution is 2.35. The summed E-state index contributed by atoms with van der Waals surface area (Å²) in [7, 11) is 0. The van der Waals surface area contributed by atoms with Crippen LogP contribution in [0.1, 0.15) is 5.56 Å². The van der Waals surface area contributed by atoms with E-state index < -0.39 is 63.2 Å². The van der Waals surface area contributed by atoms with Crippen LogP contribution in [0.2, 0.25) is 0 Å². The Labute approximate surface area is 112 Å². The predicted octanol–water partition coefficient (Wildman–Crippen LogP) is 4.77. The standard InChI is InChI=1S/C13H4F8/c1-3-7(15)11(19)6(12(20)8(3)16)4-2-5(14)10(18)13(21)9(4)17/h2H,1H3. The van der Waals surface area contributed by atoms with Gasteiger partial charge >= 0.3 is 0 Å². The maximum Gasteiger partial charge on any atom is 0.198 e. The van der Waals surface area contributed by atoms with Gasteiger partial charge in [-0.2, -0.15) is 0 Å². The van der Waals surface area contributed by atoms with Crippen LogP contribution in [0, 0.1) is 53.5 Å². The molecule has 0 saturated carbocycles. The largest absolute Gasteiger partial charge is 0.204 e. The maximum atomic E-state index is 13.6. The van der Waals surface area contributed by atoms with Crippen molar-refractivity contribution in [1.82, 2.24) is 0 Å². The van der Waals surface area contributed by atoms with E-state index in [1.54, 1.807) is 0 Å². The van der Waals surface area contributed by atoms with Gasteiger partial charge in [-0.1, -0.05) is 0 Å². The molecule has 0 radical (unpaired) electrons. The van der Waals surface area contributed by atoms with Crippen LogP contribution in [0.25, 0.3) is 11.1 Å². The van der Waals surface area contributed by atoms with Gasteiger partial charge in [0.2, 0.25) is 0 Å². The van der Waals surface area contributed by atoms with E-state index in [0.717, 1.165) is 0 Å². The molecule has 0 fully saturated rings. The Morgan fingerprint density at radius 1 is 0.571 bits per heavy atom. The van der Waals surface area contributed by atoms with Crippen molar-refractivity contribution in [2.24, 2.45) is 0 Å². The highest BCUT2D eigenvalue weighted by Gasteiger charge is 2.29. The molecule has 0 aliphatic heterocycles. The van der Waals surface area contributed by atoms with E-state index in [0.29, 0.717) is 6.92 Å². The summed E-state index contributed by atoms with van der Waals surface area (Å²) < 4.78 is 106. The van der Waals surface area contributed by atoms with Crippen molar-refractivity contribution in [2.45, 2.75) is 6.92 Å². The zero-order chi connectivity index (χ0) is 16.1.